The highest BCUT2D eigenvalue weighted by molar-refractivity contribution is 5.78. The predicted octanol–water partition coefficient (Wildman–Crippen LogP) is 1.18. The second-order valence-electron chi connectivity index (χ2n) is 4.60. The zero-order valence-electron chi connectivity index (χ0n) is 11.0. The number of hydrogen-bond donors (Lipinski definition) is 1. The van der Waals surface area contributed by atoms with E-state index in [9.17, 15) is 4.79 Å². The van der Waals surface area contributed by atoms with Gasteiger partial charge in [-0.1, -0.05) is 12.2 Å². The van der Waals surface area contributed by atoms with E-state index in [1.54, 1.807) is 0 Å². The molecule has 0 unspecified atom stereocenters. The fourth-order valence-corrected chi connectivity index (χ4v) is 1.71. The van der Waals surface area contributed by atoms with Crippen molar-refractivity contribution in [1.29, 1.82) is 0 Å². The van der Waals surface area contributed by atoms with Crippen LogP contribution in [0.3, 0.4) is 0 Å². The van der Waals surface area contributed by atoms with Gasteiger partial charge in [0, 0.05) is 19.1 Å². The number of nitrogens with zero attached hydrogens (tertiary/aromatic N) is 1. The van der Waals surface area contributed by atoms with Crippen molar-refractivity contribution in [2.45, 2.75) is 32.7 Å². The Hall–Kier alpha value is -0.870. The lowest BCUT2D eigenvalue weighted by Gasteiger charge is -2.20. The van der Waals surface area contributed by atoms with Crippen LogP contribution in [0.4, 0.5) is 0 Å². The van der Waals surface area contributed by atoms with Crippen LogP contribution in [0.1, 0.15) is 26.7 Å². The molecule has 4 heteroatoms. The molecule has 0 aromatic carbocycles. The number of amides is 1. The third kappa shape index (κ3) is 5.84. The first-order valence-electron chi connectivity index (χ1n) is 6.37. The van der Waals surface area contributed by atoms with Crippen molar-refractivity contribution in [3.8, 4) is 0 Å². The van der Waals surface area contributed by atoms with Crippen LogP contribution in [0, 0.1) is 0 Å². The summed E-state index contributed by atoms with van der Waals surface area (Å²) in [5.41, 5.74) is 1.02. The topological polar surface area (TPSA) is 41.6 Å². The summed E-state index contributed by atoms with van der Waals surface area (Å²) in [5, 5.41) is 3.11. The Morgan fingerprint density at radius 2 is 2.24 bits per heavy atom. The molecular formula is C13H24N2O2. The molecule has 1 N–H and O–H groups in total. The van der Waals surface area contributed by atoms with E-state index in [1.165, 1.54) is 12.8 Å². The van der Waals surface area contributed by atoms with Gasteiger partial charge in [0.05, 0.1) is 19.8 Å². The molecule has 1 aliphatic rings. The van der Waals surface area contributed by atoms with Crippen LogP contribution < -0.4 is 5.32 Å². The Labute approximate surface area is 104 Å². The molecule has 1 saturated carbocycles. The number of ether oxygens (including phenoxy) is 1. The first-order chi connectivity index (χ1) is 8.15. The van der Waals surface area contributed by atoms with Crippen LogP contribution in [-0.2, 0) is 9.53 Å². The van der Waals surface area contributed by atoms with Crippen LogP contribution in [0.5, 0.6) is 0 Å². The Morgan fingerprint density at radius 3 is 2.76 bits per heavy atom. The van der Waals surface area contributed by atoms with Gasteiger partial charge in [-0.15, -0.1) is 0 Å². The summed E-state index contributed by atoms with van der Waals surface area (Å²) in [7, 11) is 0. The maximum atomic E-state index is 11.8. The van der Waals surface area contributed by atoms with Crippen molar-refractivity contribution < 1.29 is 9.53 Å². The third-order valence-electron chi connectivity index (χ3n) is 2.70. The zero-order valence-corrected chi connectivity index (χ0v) is 11.0. The molecule has 0 aromatic rings. The number of rotatable bonds is 9. The van der Waals surface area contributed by atoms with E-state index < -0.39 is 0 Å². The average molecular weight is 240 g/mol. The number of carbonyl (C=O) groups is 1. The molecule has 1 rings (SSSR count). The summed E-state index contributed by atoms with van der Waals surface area (Å²) in [6, 6.07) is 0.508. The predicted molar refractivity (Wildman–Crippen MR) is 68.9 cm³/mol. The monoisotopic (exact) mass is 240 g/mol. The standard InChI is InChI=1S/C13H24N2O2/c1-4-15(12-5-6-12)13(16)9-14-7-8-17-10-11(2)3/h12,14H,2,4-10H2,1,3H3. The minimum Gasteiger partial charge on any atom is -0.376 e. The van der Waals surface area contributed by atoms with Gasteiger partial charge >= 0.3 is 0 Å². The normalized spacial score (nSPS) is 14.7. The highest BCUT2D eigenvalue weighted by Crippen LogP contribution is 2.26. The third-order valence-corrected chi connectivity index (χ3v) is 2.70. The molecule has 0 aliphatic heterocycles. The molecular weight excluding hydrogens is 216 g/mol. The summed E-state index contributed by atoms with van der Waals surface area (Å²) in [4.78, 5) is 13.8. The summed E-state index contributed by atoms with van der Waals surface area (Å²) >= 11 is 0. The van der Waals surface area contributed by atoms with Crippen molar-refractivity contribution in [2.75, 3.05) is 32.8 Å². The van der Waals surface area contributed by atoms with Gasteiger partial charge in [0.1, 0.15) is 0 Å². The molecule has 98 valence electrons. The Bertz CT molecular complexity index is 262. The van der Waals surface area contributed by atoms with Crippen molar-refractivity contribution in [1.82, 2.24) is 10.2 Å². The van der Waals surface area contributed by atoms with Crippen LogP contribution >= 0.6 is 0 Å². The average Bonchev–Trinajstić information content (AvgIpc) is 3.08. The maximum Gasteiger partial charge on any atom is 0.236 e. The SMILES string of the molecule is C=C(C)COCCNCC(=O)N(CC)C1CC1. The fraction of sp³-hybridized carbons (Fsp3) is 0.769. The molecule has 0 radical (unpaired) electrons. The Morgan fingerprint density at radius 1 is 1.53 bits per heavy atom. The van der Waals surface area contributed by atoms with E-state index in [0.717, 1.165) is 12.1 Å². The number of likely N-dealkylation sites (N-methyl/N-ethyl adjacent to an activating group) is 1. The molecule has 4 nitrogen and oxygen atoms in total. The Balaban J connectivity index is 2.01. The fourth-order valence-electron chi connectivity index (χ4n) is 1.71. The quantitative estimate of drug-likeness (QED) is 0.486. The van der Waals surface area contributed by atoms with Gasteiger partial charge in [-0.3, -0.25) is 4.79 Å². The largest absolute Gasteiger partial charge is 0.376 e. The van der Waals surface area contributed by atoms with Crippen LogP contribution in [0.15, 0.2) is 12.2 Å². The van der Waals surface area contributed by atoms with Crippen molar-refractivity contribution >= 4 is 5.91 Å². The highest BCUT2D eigenvalue weighted by atomic mass is 16.5. The van der Waals surface area contributed by atoms with Crippen LogP contribution in [0.25, 0.3) is 0 Å². The molecule has 0 saturated heterocycles. The van der Waals surface area contributed by atoms with E-state index in [2.05, 4.69) is 11.9 Å². The number of hydrogen-bond acceptors (Lipinski definition) is 3. The van der Waals surface area contributed by atoms with Crippen LogP contribution in [-0.4, -0.2) is 49.7 Å². The second kappa shape index (κ2) is 7.45. The van der Waals surface area contributed by atoms with Gasteiger partial charge in [-0.25, -0.2) is 0 Å². The first-order valence-corrected chi connectivity index (χ1v) is 6.37. The number of carbonyl (C=O) groups excluding carboxylic acids is 1. The summed E-state index contributed by atoms with van der Waals surface area (Å²) < 4.78 is 5.34. The van der Waals surface area contributed by atoms with E-state index in [-0.39, 0.29) is 5.91 Å². The summed E-state index contributed by atoms with van der Waals surface area (Å²) in [5.74, 6) is 0.204. The van der Waals surface area contributed by atoms with E-state index >= 15 is 0 Å². The minimum absolute atomic E-state index is 0.204. The second-order valence-corrected chi connectivity index (χ2v) is 4.60. The lowest BCUT2D eigenvalue weighted by atomic mass is 10.4. The number of nitrogens with one attached hydrogen (secondary N) is 1. The van der Waals surface area contributed by atoms with E-state index in [1.807, 2.05) is 18.7 Å². The lowest BCUT2D eigenvalue weighted by molar-refractivity contribution is -0.130. The maximum absolute atomic E-state index is 11.8. The van der Waals surface area contributed by atoms with Gasteiger partial charge in [0.2, 0.25) is 5.91 Å². The lowest BCUT2D eigenvalue weighted by Crippen LogP contribution is -2.40. The first kappa shape index (κ1) is 14.2. The summed E-state index contributed by atoms with van der Waals surface area (Å²) in [6.07, 6.45) is 2.34. The molecule has 0 spiro atoms. The van der Waals surface area contributed by atoms with Gasteiger partial charge in [0.15, 0.2) is 0 Å². The molecule has 17 heavy (non-hydrogen) atoms. The van der Waals surface area contributed by atoms with Gasteiger partial charge in [-0.2, -0.15) is 0 Å². The highest BCUT2D eigenvalue weighted by Gasteiger charge is 2.30. The van der Waals surface area contributed by atoms with Gasteiger partial charge in [-0.05, 0) is 26.7 Å². The molecule has 0 atom stereocenters. The molecule has 0 heterocycles. The zero-order chi connectivity index (χ0) is 12.7. The molecule has 1 fully saturated rings. The molecule has 0 bridgehead atoms. The smallest absolute Gasteiger partial charge is 0.236 e. The van der Waals surface area contributed by atoms with Crippen molar-refractivity contribution in [3.05, 3.63) is 12.2 Å². The van der Waals surface area contributed by atoms with Gasteiger partial charge in [0.25, 0.3) is 0 Å². The van der Waals surface area contributed by atoms with Crippen LogP contribution in [0.2, 0.25) is 0 Å². The molecule has 0 aromatic heterocycles. The van der Waals surface area contributed by atoms with Crippen molar-refractivity contribution in [3.63, 3.8) is 0 Å². The van der Waals surface area contributed by atoms with Gasteiger partial charge < -0.3 is 15.0 Å². The summed E-state index contributed by atoms with van der Waals surface area (Å²) in [6.45, 7) is 10.9. The van der Waals surface area contributed by atoms with E-state index in [4.69, 9.17) is 4.74 Å². The Kier molecular flexibility index (Phi) is 6.22. The van der Waals surface area contributed by atoms with E-state index in [0.29, 0.717) is 32.3 Å². The van der Waals surface area contributed by atoms with Crippen molar-refractivity contribution in [2.24, 2.45) is 0 Å². The molecule has 1 aliphatic carbocycles. The minimum atomic E-state index is 0.204. The molecule has 1 amide bonds.